The summed E-state index contributed by atoms with van der Waals surface area (Å²) in [6, 6.07) is 12.9. The highest BCUT2D eigenvalue weighted by atomic mass is 35.5. The van der Waals surface area contributed by atoms with Crippen molar-refractivity contribution in [1.29, 1.82) is 0 Å². The first-order chi connectivity index (χ1) is 13.5. The van der Waals surface area contributed by atoms with Crippen molar-refractivity contribution in [2.75, 3.05) is 42.5 Å². The summed E-state index contributed by atoms with van der Waals surface area (Å²) in [6.45, 7) is 3.32. The van der Waals surface area contributed by atoms with E-state index >= 15 is 0 Å². The number of amides is 2. The van der Waals surface area contributed by atoms with Crippen molar-refractivity contribution in [3.8, 4) is 0 Å². The molecule has 0 saturated carbocycles. The van der Waals surface area contributed by atoms with Crippen LogP contribution in [0.1, 0.15) is 23.2 Å². The van der Waals surface area contributed by atoms with Crippen molar-refractivity contribution < 1.29 is 9.59 Å². The third kappa shape index (κ3) is 3.69. The molecule has 2 heterocycles. The Balaban J connectivity index is 1.47. The molecule has 0 bridgehead atoms. The lowest BCUT2D eigenvalue weighted by atomic mass is 10.1. The highest BCUT2D eigenvalue weighted by molar-refractivity contribution is 6.34. The Bertz CT molecular complexity index is 910. The van der Waals surface area contributed by atoms with Crippen molar-refractivity contribution in [3.63, 3.8) is 0 Å². The van der Waals surface area contributed by atoms with Gasteiger partial charge in [-0.05, 0) is 36.8 Å². The van der Waals surface area contributed by atoms with Gasteiger partial charge in [-0.3, -0.25) is 9.59 Å². The van der Waals surface area contributed by atoms with Crippen LogP contribution in [0.4, 0.5) is 11.4 Å². The third-order valence-electron chi connectivity index (χ3n) is 5.32. The highest BCUT2D eigenvalue weighted by Gasteiger charge is 2.27. The Labute approximate surface area is 174 Å². The molecule has 7 heteroatoms. The molecule has 2 aliphatic heterocycles. The molecule has 28 heavy (non-hydrogen) atoms. The van der Waals surface area contributed by atoms with Crippen LogP contribution in [-0.4, -0.2) is 49.4 Å². The number of nitrogens with zero attached hydrogens (tertiary/aromatic N) is 3. The molecule has 2 aromatic rings. The van der Waals surface area contributed by atoms with Crippen LogP contribution in [0, 0.1) is 0 Å². The van der Waals surface area contributed by atoms with E-state index in [2.05, 4.69) is 4.90 Å². The lowest BCUT2D eigenvalue weighted by Crippen LogP contribution is -2.48. The van der Waals surface area contributed by atoms with Crippen LogP contribution in [0.15, 0.2) is 42.5 Å². The predicted octanol–water partition coefficient (Wildman–Crippen LogP) is 4.08. The van der Waals surface area contributed by atoms with Gasteiger partial charge in [0.2, 0.25) is 5.91 Å². The lowest BCUT2D eigenvalue weighted by molar-refractivity contribution is -0.117. The van der Waals surface area contributed by atoms with Crippen LogP contribution < -0.4 is 9.80 Å². The molecule has 2 fully saturated rings. The van der Waals surface area contributed by atoms with Crippen molar-refractivity contribution >= 4 is 46.4 Å². The first-order valence-electron chi connectivity index (χ1n) is 9.43. The molecule has 0 unspecified atom stereocenters. The number of para-hydroxylation sites is 1. The van der Waals surface area contributed by atoms with Gasteiger partial charge in [0, 0.05) is 44.7 Å². The van der Waals surface area contributed by atoms with Gasteiger partial charge in [0.05, 0.1) is 21.4 Å². The molecule has 4 rings (SSSR count). The lowest BCUT2D eigenvalue weighted by Gasteiger charge is -2.36. The maximum Gasteiger partial charge on any atom is 0.254 e. The van der Waals surface area contributed by atoms with Gasteiger partial charge in [-0.2, -0.15) is 0 Å². The SMILES string of the molecule is O=C(c1ccc(Cl)c(N2CCCC2=O)c1)N1CCN(c2ccccc2Cl)CC1. The number of piperazine rings is 1. The number of halogens is 2. The summed E-state index contributed by atoms with van der Waals surface area (Å²) in [5.74, 6) is 0.0169. The zero-order chi connectivity index (χ0) is 19.7. The van der Waals surface area contributed by atoms with E-state index in [0.29, 0.717) is 42.3 Å². The van der Waals surface area contributed by atoms with E-state index in [1.165, 1.54) is 0 Å². The molecular weight excluding hydrogens is 397 g/mol. The molecule has 2 amide bonds. The molecule has 0 aliphatic carbocycles. The minimum absolute atomic E-state index is 0.0385. The Kier molecular flexibility index (Phi) is 5.47. The van der Waals surface area contributed by atoms with E-state index in [1.807, 2.05) is 29.2 Å². The van der Waals surface area contributed by atoms with E-state index in [9.17, 15) is 9.59 Å². The number of rotatable bonds is 3. The normalized spacial score (nSPS) is 17.4. The molecule has 2 saturated heterocycles. The molecule has 5 nitrogen and oxygen atoms in total. The Hall–Kier alpha value is -2.24. The first kappa shape index (κ1) is 19.1. The molecular formula is C21H21Cl2N3O2. The minimum Gasteiger partial charge on any atom is -0.367 e. The van der Waals surface area contributed by atoms with Crippen molar-refractivity contribution in [2.45, 2.75) is 12.8 Å². The van der Waals surface area contributed by atoms with Crippen LogP contribution in [0.3, 0.4) is 0 Å². The van der Waals surface area contributed by atoms with Crippen molar-refractivity contribution in [3.05, 3.63) is 58.1 Å². The zero-order valence-corrected chi connectivity index (χ0v) is 16.9. The van der Waals surface area contributed by atoms with Gasteiger partial charge in [0.15, 0.2) is 0 Å². The standard InChI is InChI=1S/C21H21Cl2N3O2/c22-16-4-1-2-5-18(16)24-10-12-25(13-11-24)21(28)15-7-8-17(23)19(14-15)26-9-3-6-20(26)27/h1-2,4-5,7-8,14H,3,6,9-13H2. The average Bonchev–Trinajstić information content (AvgIpc) is 3.14. The van der Waals surface area contributed by atoms with Gasteiger partial charge in [0.25, 0.3) is 5.91 Å². The minimum atomic E-state index is -0.0385. The molecule has 0 atom stereocenters. The van der Waals surface area contributed by atoms with Crippen LogP contribution in [-0.2, 0) is 4.79 Å². The fourth-order valence-corrected chi connectivity index (χ4v) is 4.27. The maximum absolute atomic E-state index is 13.0. The predicted molar refractivity (Wildman–Crippen MR) is 113 cm³/mol. The van der Waals surface area contributed by atoms with Gasteiger partial charge in [-0.25, -0.2) is 0 Å². The second kappa shape index (κ2) is 8.02. The Morgan fingerprint density at radius 1 is 0.857 bits per heavy atom. The molecule has 146 valence electrons. The second-order valence-corrected chi connectivity index (χ2v) is 7.86. The summed E-state index contributed by atoms with van der Waals surface area (Å²) < 4.78 is 0. The second-order valence-electron chi connectivity index (χ2n) is 7.05. The molecule has 2 aromatic carbocycles. The van der Waals surface area contributed by atoms with E-state index in [-0.39, 0.29) is 11.8 Å². The van der Waals surface area contributed by atoms with E-state index in [1.54, 1.807) is 23.1 Å². The van der Waals surface area contributed by atoms with Crippen LogP contribution in [0.2, 0.25) is 10.0 Å². The van der Waals surface area contributed by atoms with Crippen molar-refractivity contribution in [1.82, 2.24) is 4.90 Å². The smallest absolute Gasteiger partial charge is 0.254 e. The third-order valence-corrected chi connectivity index (χ3v) is 5.96. The molecule has 0 radical (unpaired) electrons. The monoisotopic (exact) mass is 417 g/mol. The van der Waals surface area contributed by atoms with Gasteiger partial charge in [-0.15, -0.1) is 0 Å². The summed E-state index contributed by atoms with van der Waals surface area (Å²) in [5, 5.41) is 1.22. The quantitative estimate of drug-likeness (QED) is 0.755. The number of hydrogen-bond donors (Lipinski definition) is 0. The van der Waals surface area contributed by atoms with E-state index in [0.717, 1.165) is 30.2 Å². The summed E-state index contributed by atoms with van der Waals surface area (Å²) >= 11 is 12.6. The van der Waals surface area contributed by atoms with Gasteiger partial charge < -0.3 is 14.7 Å². The fraction of sp³-hybridized carbons (Fsp3) is 0.333. The molecule has 0 N–H and O–H groups in total. The van der Waals surface area contributed by atoms with Crippen molar-refractivity contribution in [2.24, 2.45) is 0 Å². The number of hydrogen-bond acceptors (Lipinski definition) is 3. The summed E-state index contributed by atoms with van der Waals surface area (Å²) in [5.41, 5.74) is 2.19. The van der Waals surface area contributed by atoms with Crippen LogP contribution in [0.25, 0.3) is 0 Å². The Morgan fingerprint density at radius 2 is 1.57 bits per heavy atom. The number of benzene rings is 2. The highest BCUT2D eigenvalue weighted by Crippen LogP contribution is 2.31. The summed E-state index contributed by atoms with van der Waals surface area (Å²) in [7, 11) is 0. The van der Waals surface area contributed by atoms with Gasteiger partial charge in [0.1, 0.15) is 0 Å². The zero-order valence-electron chi connectivity index (χ0n) is 15.4. The number of carbonyl (C=O) groups is 2. The van der Waals surface area contributed by atoms with Crippen LogP contribution >= 0.6 is 23.2 Å². The number of carbonyl (C=O) groups excluding carboxylic acids is 2. The maximum atomic E-state index is 13.0. The van der Waals surface area contributed by atoms with Crippen LogP contribution in [0.5, 0.6) is 0 Å². The topological polar surface area (TPSA) is 43.9 Å². The van der Waals surface area contributed by atoms with E-state index in [4.69, 9.17) is 23.2 Å². The molecule has 2 aliphatic rings. The largest absolute Gasteiger partial charge is 0.367 e. The summed E-state index contributed by atoms with van der Waals surface area (Å²) in [6.07, 6.45) is 1.34. The molecule has 0 aromatic heterocycles. The van der Waals surface area contributed by atoms with E-state index < -0.39 is 0 Å². The van der Waals surface area contributed by atoms with Gasteiger partial charge in [-0.1, -0.05) is 35.3 Å². The first-order valence-corrected chi connectivity index (χ1v) is 10.2. The van der Waals surface area contributed by atoms with Gasteiger partial charge >= 0.3 is 0 Å². The summed E-state index contributed by atoms with van der Waals surface area (Å²) in [4.78, 5) is 30.8. The molecule has 0 spiro atoms. The average molecular weight is 418 g/mol. The number of anilines is 2. The Morgan fingerprint density at radius 3 is 2.25 bits per heavy atom. The fourth-order valence-electron chi connectivity index (χ4n) is 3.80.